The highest BCUT2D eigenvalue weighted by Crippen LogP contribution is 2.24. The van der Waals surface area contributed by atoms with Gasteiger partial charge in [0.2, 0.25) is 8.32 Å². The summed E-state index contributed by atoms with van der Waals surface area (Å²) in [5.74, 6) is 6.78. The van der Waals surface area contributed by atoms with Crippen LogP contribution in [0.2, 0.25) is 91.7 Å². The molecule has 0 saturated carbocycles. The van der Waals surface area contributed by atoms with E-state index in [0.29, 0.717) is 0 Å². The smallest absolute Gasteiger partial charge is 0.313 e. The van der Waals surface area contributed by atoms with Crippen LogP contribution >= 0.6 is 0 Å². The number of rotatable bonds is 8. The average molecular weight is 627 g/mol. The fraction of sp³-hybridized carbons (Fsp3) is 0.467. The van der Waals surface area contributed by atoms with Crippen LogP contribution in [-0.2, 0) is 12.3 Å². The second-order valence-electron chi connectivity index (χ2n) is 14.4. The quantitative estimate of drug-likeness (QED) is 0.231. The van der Waals surface area contributed by atoms with Crippen molar-refractivity contribution >= 4 is 60.3 Å². The molecule has 0 radical (unpaired) electrons. The zero-order valence-corrected chi connectivity index (χ0v) is 32.8. The maximum absolute atomic E-state index is 7.22. The number of benzene rings is 2. The van der Waals surface area contributed by atoms with E-state index < -0.39 is 49.9 Å². The van der Waals surface area contributed by atoms with Crippen molar-refractivity contribution < 1.29 is 12.3 Å². The van der Waals surface area contributed by atoms with Crippen molar-refractivity contribution in [2.75, 3.05) is 0 Å². The van der Waals surface area contributed by atoms with E-state index in [4.69, 9.17) is 12.3 Å². The molecule has 212 valence electrons. The first-order valence-electron chi connectivity index (χ1n) is 13.9. The van der Waals surface area contributed by atoms with E-state index in [1.165, 1.54) is 10.4 Å². The molecule has 0 bridgehead atoms. The molecule has 0 amide bonds. The SMILES string of the molecule is C[Si](C)(C)C#Cc1ccc([Si](C)(O[Si](C)(C)O[Si](C)(C)O[Si](C)(C)C)c2ccc(C#C[Si](C)(C)C)cc2)cc1. The van der Waals surface area contributed by atoms with Gasteiger partial charge in [-0.1, -0.05) is 75.4 Å². The summed E-state index contributed by atoms with van der Waals surface area (Å²) in [5.41, 5.74) is 9.07. The van der Waals surface area contributed by atoms with Crippen molar-refractivity contribution in [2.45, 2.75) is 91.7 Å². The first kappa shape index (κ1) is 33.9. The van der Waals surface area contributed by atoms with Gasteiger partial charge in [0.1, 0.15) is 16.1 Å². The minimum absolute atomic E-state index is 1.05. The van der Waals surface area contributed by atoms with Crippen LogP contribution in [0.5, 0.6) is 0 Å². The highest BCUT2D eigenvalue weighted by atomic mass is 28.5. The summed E-state index contributed by atoms with van der Waals surface area (Å²) in [7, 11) is -12.2. The van der Waals surface area contributed by atoms with Crippen LogP contribution in [-0.4, -0.2) is 49.9 Å². The third-order valence-corrected chi connectivity index (χ3v) is 22.1. The average Bonchev–Trinajstić information content (AvgIpc) is 2.73. The van der Waals surface area contributed by atoms with Crippen LogP contribution in [0.3, 0.4) is 0 Å². The van der Waals surface area contributed by atoms with Gasteiger partial charge in [-0.2, -0.15) is 0 Å². The standard InChI is InChI=1S/C30H50O3Si6/c1-34(2,3)25-23-27-15-19-29(20-16-27)39(14,30-21-17-28(18-22-30)24-26-35(4,5)6)33-38(12,13)32-37(10,11)31-36(7,8)9/h15-22H,1-14H3. The summed E-state index contributed by atoms with van der Waals surface area (Å²) in [4.78, 5) is 0. The lowest BCUT2D eigenvalue weighted by atomic mass is 10.2. The summed E-state index contributed by atoms with van der Waals surface area (Å²) in [6, 6.07) is 17.4. The lowest BCUT2D eigenvalue weighted by Gasteiger charge is -2.41. The lowest BCUT2D eigenvalue weighted by Crippen LogP contribution is -2.65. The van der Waals surface area contributed by atoms with Gasteiger partial charge in [-0.05, 0) is 87.0 Å². The van der Waals surface area contributed by atoms with E-state index in [9.17, 15) is 0 Å². The van der Waals surface area contributed by atoms with Crippen LogP contribution in [0, 0.1) is 22.9 Å². The molecule has 9 heteroatoms. The van der Waals surface area contributed by atoms with Gasteiger partial charge in [-0.3, -0.25) is 0 Å². The second kappa shape index (κ2) is 12.3. The molecule has 0 aliphatic heterocycles. The van der Waals surface area contributed by atoms with Crippen LogP contribution in [0.4, 0.5) is 0 Å². The molecule has 0 aliphatic carbocycles. The fourth-order valence-electron chi connectivity index (χ4n) is 4.41. The summed E-state index contributed by atoms with van der Waals surface area (Å²) < 4.78 is 20.6. The Kier molecular flexibility index (Phi) is 10.7. The number of hydrogen-bond acceptors (Lipinski definition) is 3. The van der Waals surface area contributed by atoms with Crippen molar-refractivity contribution in [1.29, 1.82) is 0 Å². The highest BCUT2D eigenvalue weighted by Gasteiger charge is 2.45. The van der Waals surface area contributed by atoms with Crippen LogP contribution < -0.4 is 10.4 Å². The molecule has 0 heterocycles. The molecule has 0 aliphatic rings. The summed E-state index contributed by atoms with van der Waals surface area (Å²) in [5, 5.41) is 2.44. The predicted molar refractivity (Wildman–Crippen MR) is 186 cm³/mol. The molecule has 2 aromatic carbocycles. The molecular formula is C30H50O3Si6. The molecular weight excluding hydrogens is 577 g/mol. The van der Waals surface area contributed by atoms with Crippen LogP contribution in [0.25, 0.3) is 0 Å². The van der Waals surface area contributed by atoms with E-state index in [0.717, 1.165) is 11.1 Å². The largest absolute Gasteiger partial charge is 0.437 e. The molecule has 0 fully saturated rings. The normalized spacial score (nSPS) is 13.3. The van der Waals surface area contributed by atoms with E-state index >= 15 is 0 Å². The third-order valence-electron chi connectivity index (χ3n) is 5.53. The summed E-state index contributed by atoms with van der Waals surface area (Å²) in [6.07, 6.45) is 0. The maximum Gasteiger partial charge on any atom is 0.313 e. The van der Waals surface area contributed by atoms with Crippen molar-refractivity contribution in [3.8, 4) is 22.9 Å². The van der Waals surface area contributed by atoms with Gasteiger partial charge in [-0.15, -0.1) is 11.1 Å². The zero-order valence-electron chi connectivity index (χ0n) is 26.8. The predicted octanol–water partition coefficient (Wildman–Crippen LogP) is 7.12. The minimum atomic E-state index is -2.62. The maximum atomic E-state index is 7.22. The Morgan fingerprint density at radius 1 is 0.436 bits per heavy atom. The molecule has 39 heavy (non-hydrogen) atoms. The van der Waals surface area contributed by atoms with E-state index in [1.807, 2.05) is 0 Å². The monoisotopic (exact) mass is 626 g/mol. The van der Waals surface area contributed by atoms with E-state index in [-0.39, 0.29) is 0 Å². The Labute approximate surface area is 245 Å². The van der Waals surface area contributed by atoms with Crippen molar-refractivity contribution in [3.05, 3.63) is 59.7 Å². The summed E-state index contributed by atoms with van der Waals surface area (Å²) in [6.45, 7) is 31.2. The van der Waals surface area contributed by atoms with Gasteiger partial charge in [0.25, 0.3) is 0 Å². The molecule has 0 N–H and O–H groups in total. The molecule has 0 atom stereocenters. The minimum Gasteiger partial charge on any atom is -0.437 e. The topological polar surface area (TPSA) is 27.7 Å². The third kappa shape index (κ3) is 12.0. The second-order valence-corrected chi connectivity index (χ2v) is 39.4. The Bertz CT molecular complexity index is 1170. The number of hydrogen-bond donors (Lipinski definition) is 0. The van der Waals surface area contributed by atoms with Gasteiger partial charge in [0.15, 0.2) is 8.32 Å². The van der Waals surface area contributed by atoms with E-state index in [1.54, 1.807) is 0 Å². The first-order valence-corrected chi connectivity index (χ1v) is 32.3. The fourth-order valence-corrected chi connectivity index (χ4v) is 24.0. The Morgan fingerprint density at radius 3 is 1.08 bits per heavy atom. The molecule has 0 saturated heterocycles. The van der Waals surface area contributed by atoms with Gasteiger partial charge in [0, 0.05) is 11.1 Å². The molecule has 0 unspecified atom stereocenters. The Morgan fingerprint density at radius 2 is 0.769 bits per heavy atom. The van der Waals surface area contributed by atoms with Crippen LogP contribution in [0.15, 0.2) is 48.5 Å². The molecule has 0 aromatic heterocycles. The van der Waals surface area contributed by atoms with Gasteiger partial charge < -0.3 is 12.3 Å². The first-order chi connectivity index (χ1) is 17.5. The van der Waals surface area contributed by atoms with Gasteiger partial charge in [-0.25, -0.2) is 0 Å². The molecule has 2 aromatic rings. The lowest BCUT2D eigenvalue weighted by molar-refractivity contribution is 0.333. The van der Waals surface area contributed by atoms with Crippen molar-refractivity contribution in [3.63, 3.8) is 0 Å². The van der Waals surface area contributed by atoms with Gasteiger partial charge >= 0.3 is 17.1 Å². The summed E-state index contributed by atoms with van der Waals surface area (Å²) >= 11 is 0. The Balaban J connectivity index is 2.53. The zero-order chi connectivity index (χ0) is 29.9. The molecule has 2 rings (SSSR count). The van der Waals surface area contributed by atoms with Crippen molar-refractivity contribution in [2.24, 2.45) is 0 Å². The van der Waals surface area contributed by atoms with Crippen molar-refractivity contribution in [1.82, 2.24) is 0 Å². The molecule has 3 nitrogen and oxygen atoms in total. The molecule has 0 spiro atoms. The highest BCUT2D eigenvalue weighted by molar-refractivity contribution is 7.01. The van der Waals surface area contributed by atoms with Crippen LogP contribution in [0.1, 0.15) is 11.1 Å². The Hall–Kier alpha value is -1.26. The van der Waals surface area contributed by atoms with E-state index in [2.05, 4.69) is 163 Å². The van der Waals surface area contributed by atoms with Gasteiger partial charge in [0.05, 0.1) is 0 Å².